The third-order valence-corrected chi connectivity index (χ3v) is 3.62. The van der Waals surface area contributed by atoms with E-state index in [1.54, 1.807) is 0 Å². The van der Waals surface area contributed by atoms with E-state index in [0.29, 0.717) is 0 Å². The zero-order chi connectivity index (χ0) is 12.8. The molecule has 1 amide bonds. The van der Waals surface area contributed by atoms with Crippen LogP contribution in [0.2, 0.25) is 0 Å². The van der Waals surface area contributed by atoms with Crippen molar-refractivity contribution in [1.29, 1.82) is 0 Å². The summed E-state index contributed by atoms with van der Waals surface area (Å²) in [4.78, 5) is 14.2. The molecular weight excluding hydrogens is 216 g/mol. The second-order valence-corrected chi connectivity index (χ2v) is 5.09. The number of aliphatic hydroxyl groups excluding tert-OH is 1. The predicted octanol–water partition coefficient (Wildman–Crippen LogP) is 1.14. The van der Waals surface area contributed by atoms with Crippen LogP contribution in [0, 0.1) is 0 Å². The molecule has 0 saturated carbocycles. The van der Waals surface area contributed by atoms with Gasteiger partial charge < -0.3 is 10.4 Å². The Morgan fingerprint density at radius 3 is 2.82 bits per heavy atom. The van der Waals surface area contributed by atoms with Gasteiger partial charge in [-0.25, -0.2) is 0 Å². The summed E-state index contributed by atoms with van der Waals surface area (Å²) < 4.78 is 0. The molecule has 0 aromatic heterocycles. The van der Waals surface area contributed by atoms with Crippen molar-refractivity contribution in [3.8, 4) is 0 Å². The van der Waals surface area contributed by atoms with Gasteiger partial charge >= 0.3 is 0 Å². The van der Waals surface area contributed by atoms with Crippen LogP contribution in [0.25, 0.3) is 0 Å². The van der Waals surface area contributed by atoms with Crippen LogP contribution in [-0.4, -0.2) is 47.2 Å². The SMILES string of the molecule is CCCC(C)NC(=O)C(C)N1CCC[C@@H]1CO. The fraction of sp³-hybridized carbons (Fsp3) is 0.923. The van der Waals surface area contributed by atoms with Gasteiger partial charge in [-0.1, -0.05) is 13.3 Å². The zero-order valence-electron chi connectivity index (χ0n) is 11.3. The molecule has 0 spiro atoms. The number of nitrogens with zero attached hydrogens (tertiary/aromatic N) is 1. The summed E-state index contributed by atoms with van der Waals surface area (Å²) in [5.74, 6) is 0.0892. The van der Waals surface area contributed by atoms with Crippen molar-refractivity contribution in [2.24, 2.45) is 0 Å². The summed E-state index contributed by atoms with van der Waals surface area (Å²) in [6, 6.07) is 0.274. The molecule has 0 aliphatic carbocycles. The summed E-state index contributed by atoms with van der Waals surface area (Å²) in [5.41, 5.74) is 0. The molecule has 1 rings (SSSR count). The Bertz CT molecular complexity index is 246. The first kappa shape index (κ1) is 14.5. The maximum Gasteiger partial charge on any atom is 0.237 e. The molecule has 1 aliphatic heterocycles. The number of hydrogen-bond donors (Lipinski definition) is 2. The minimum atomic E-state index is -0.131. The highest BCUT2D eigenvalue weighted by molar-refractivity contribution is 5.81. The van der Waals surface area contributed by atoms with Gasteiger partial charge in [0.05, 0.1) is 12.6 Å². The lowest BCUT2D eigenvalue weighted by atomic mass is 10.1. The maximum atomic E-state index is 12.0. The molecule has 0 radical (unpaired) electrons. The second-order valence-electron chi connectivity index (χ2n) is 5.09. The average Bonchev–Trinajstić information content (AvgIpc) is 2.76. The number of nitrogens with one attached hydrogen (secondary N) is 1. The van der Waals surface area contributed by atoms with E-state index >= 15 is 0 Å². The molecule has 2 N–H and O–H groups in total. The average molecular weight is 242 g/mol. The molecule has 4 heteroatoms. The number of likely N-dealkylation sites (tertiary alicyclic amines) is 1. The summed E-state index contributed by atoms with van der Waals surface area (Å²) in [6.07, 6.45) is 4.17. The number of rotatable bonds is 6. The predicted molar refractivity (Wildman–Crippen MR) is 68.8 cm³/mol. The minimum Gasteiger partial charge on any atom is -0.395 e. The lowest BCUT2D eigenvalue weighted by molar-refractivity contribution is -0.127. The van der Waals surface area contributed by atoms with E-state index in [9.17, 15) is 9.90 Å². The first-order valence-electron chi connectivity index (χ1n) is 6.77. The Labute approximate surface area is 104 Å². The second kappa shape index (κ2) is 6.97. The van der Waals surface area contributed by atoms with Crippen molar-refractivity contribution in [2.45, 2.75) is 64.6 Å². The van der Waals surface area contributed by atoms with Crippen molar-refractivity contribution in [2.75, 3.05) is 13.2 Å². The quantitative estimate of drug-likeness (QED) is 0.734. The molecule has 0 bridgehead atoms. The van der Waals surface area contributed by atoms with Crippen molar-refractivity contribution in [3.63, 3.8) is 0 Å². The highest BCUT2D eigenvalue weighted by Gasteiger charge is 2.31. The van der Waals surface area contributed by atoms with Crippen molar-refractivity contribution in [1.82, 2.24) is 10.2 Å². The van der Waals surface area contributed by atoms with Crippen LogP contribution in [0.3, 0.4) is 0 Å². The largest absolute Gasteiger partial charge is 0.395 e. The zero-order valence-corrected chi connectivity index (χ0v) is 11.3. The first-order valence-corrected chi connectivity index (χ1v) is 6.77. The molecule has 17 heavy (non-hydrogen) atoms. The maximum absolute atomic E-state index is 12.0. The van der Waals surface area contributed by atoms with E-state index < -0.39 is 0 Å². The molecule has 100 valence electrons. The van der Waals surface area contributed by atoms with Gasteiger partial charge in [-0.05, 0) is 39.7 Å². The molecular formula is C13H26N2O2. The molecule has 1 heterocycles. The number of aliphatic hydroxyl groups is 1. The van der Waals surface area contributed by atoms with Gasteiger partial charge in [0.2, 0.25) is 5.91 Å². The Morgan fingerprint density at radius 2 is 2.24 bits per heavy atom. The lowest BCUT2D eigenvalue weighted by Crippen LogP contribution is -2.50. The Kier molecular flexibility index (Phi) is 5.92. The van der Waals surface area contributed by atoms with Crippen LogP contribution in [0.1, 0.15) is 46.5 Å². The third kappa shape index (κ3) is 3.96. The molecule has 0 aromatic carbocycles. The summed E-state index contributed by atoms with van der Waals surface area (Å²) in [5, 5.41) is 12.3. The van der Waals surface area contributed by atoms with Crippen LogP contribution in [0.4, 0.5) is 0 Å². The van der Waals surface area contributed by atoms with Crippen LogP contribution in [-0.2, 0) is 4.79 Å². The number of carbonyl (C=O) groups excluding carboxylic acids is 1. The fourth-order valence-corrected chi connectivity index (χ4v) is 2.58. The monoisotopic (exact) mass is 242 g/mol. The highest BCUT2D eigenvalue weighted by Crippen LogP contribution is 2.19. The lowest BCUT2D eigenvalue weighted by Gasteiger charge is -2.29. The van der Waals surface area contributed by atoms with Gasteiger partial charge in [0.1, 0.15) is 0 Å². The standard InChI is InChI=1S/C13H26N2O2/c1-4-6-10(2)14-13(17)11(3)15-8-5-7-12(15)9-16/h10-12,16H,4-9H2,1-3H3,(H,14,17)/t10?,11?,12-/m1/s1. The number of hydrogen-bond acceptors (Lipinski definition) is 3. The summed E-state index contributed by atoms with van der Waals surface area (Å²) in [6.45, 7) is 7.17. The Morgan fingerprint density at radius 1 is 1.53 bits per heavy atom. The highest BCUT2D eigenvalue weighted by atomic mass is 16.3. The van der Waals surface area contributed by atoms with Crippen LogP contribution in [0.15, 0.2) is 0 Å². The molecule has 4 nitrogen and oxygen atoms in total. The van der Waals surface area contributed by atoms with E-state index in [1.165, 1.54) is 0 Å². The van der Waals surface area contributed by atoms with Crippen molar-refractivity contribution in [3.05, 3.63) is 0 Å². The molecule has 3 atom stereocenters. The molecule has 1 fully saturated rings. The third-order valence-electron chi connectivity index (χ3n) is 3.62. The van der Waals surface area contributed by atoms with Crippen LogP contribution >= 0.6 is 0 Å². The van der Waals surface area contributed by atoms with E-state index in [0.717, 1.165) is 32.2 Å². The van der Waals surface area contributed by atoms with Gasteiger partial charge in [-0.2, -0.15) is 0 Å². The molecule has 1 aliphatic rings. The van der Waals surface area contributed by atoms with Crippen molar-refractivity contribution < 1.29 is 9.90 Å². The van der Waals surface area contributed by atoms with Crippen LogP contribution < -0.4 is 5.32 Å². The number of carbonyl (C=O) groups is 1. The smallest absolute Gasteiger partial charge is 0.237 e. The van der Waals surface area contributed by atoms with Gasteiger partial charge in [0.15, 0.2) is 0 Å². The van der Waals surface area contributed by atoms with E-state index in [1.807, 2.05) is 13.8 Å². The minimum absolute atomic E-state index is 0.0892. The molecule has 1 saturated heterocycles. The normalized spacial score (nSPS) is 24.6. The Balaban J connectivity index is 2.45. The van der Waals surface area contributed by atoms with Crippen LogP contribution in [0.5, 0.6) is 0 Å². The van der Waals surface area contributed by atoms with Gasteiger partial charge in [-0.15, -0.1) is 0 Å². The van der Waals surface area contributed by atoms with E-state index in [-0.39, 0.29) is 30.6 Å². The summed E-state index contributed by atoms with van der Waals surface area (Å²) in [7, 11) is 0. The van der Waals surface area contributed by atoms with E-state index in [2.05, 4.69) is 17.1 Å². The molecule has 0 aromatic rings. The van der Waals surface area contributed by atoms with E-state index in [4.69, 9.17) is 0 Å². The van der Waals surface area contributed by atoms with Crippen molar-refractivity contribution >= 4 is 5.91 Å². The molecule has 2 unspecified atom stereocenters. The van der Waals surface area contributed by atoms with Gasteiger partial charge in [0, 0.05) is 12.1 Å². The van der Waals surface area contributed by atoms with Gasteiger partial charge in [-0.3, -0.25) is 9.69 Å². The van der Waals surface area contributed by atoms with Gasteiger partial charge in [0.25, 0.3) is 0 Å². The number of amides is 1. The Hall–Kier alpha value is -0.610. The first-order chi connectivity index (χ1) is 8.10. The topological polar surface area (TPSA) is 52.6 Å². The fourth-order valence-electron chi connectivity index (χ4n) is 2.58. The summed E-state index contributed by atoms with van der Waals surface area (Å²) >= 11 is 0.